The van der Waals surface area contributed by atoms with E-state index in [-0.39, 0.29) is 12.0 Å². The minimum Gasteiger partial charge on any atom is -0.490 e. The van der Waals surface area contributed by atoms with Gasteiger partial charge >= 0.3 is 0 Å². The second-order valence-electron chi connectivity index (χ2n) is 6.43. The Morgan fingerprint density at radius 3 is 3.00 bits per heavy atom. The lowest BCUT2D eigenvalue weighted by atomic mass is 9.85. The predicted molar refractivity (Wildman–Crippen MR) is 81.7 cm³/mol. The SMILES string of the molecule is CC1(CO)CCCC1NCc1cccc2c1OCCCO2. The van der Waals surface area contributed by atoms with Gasteiger partial charge in [-0.2, -0.15) is 0 Å². The summed E-state index contributed by atoms with van der Waals surface area (Å²) in [5.41, 5.74) is 1.14. The molecule has 0 aromatic heterocycles. The molecule has 1 aliphatic carbocycles. The molecule has 1 heterocycles. The van der Waals surface area contributed by atoms with Crippen molar-refractivity contribution in [2.45, 2.75) is 45.2 Å². The number of aliphatic hydroxyl groups excluding tert-OH is 1. The van der Waals surface area contributed by atoms with Crippen LogP contribution < -0.4 is 14.8 Å². The Kier molecular flexibility index (Phi) is 4.36. The highest BCUT2D eigenvalue weighted by molar-refractivity contribution is 5.47. The number of fused-ring (bicyclic) bond motifs is 1. The van der Waals surface area contributed by atoms with Gasteiger partial charge in [0.25, 0.3) is 0 Å². The molecule has 116 valence electrons. The normalized spacial score (nSPS) is 28.4. The van der Waals surface area contributed by atoms with E-state index in [1.807, 2.05) is 12.1 Å². The summed E-state index contributed by atoms with van der Waals surface area (Å²) in [7, 11) is 0. The van der Waals surface area contributed by atoms with E-state index in [0.717, 1.165) is 49.5 Å². The first-order chi connectivity index (χ1) is 10.2. The molecule has 3 rings (SSSR count). The predicted octanol–water partition coefficient (Wildman–Crippen LogP) is 2.49. The Balaban J connectivity index is 1.71. The van der Waals surface area contributed by atoms with Crippen molar-refractivity contribution >= 4 is 0 Å². The van der Waals surface area contributed by atoms with Gasteiger partial charge in [-0.15, -0.1) is 0 Å². The maximum atomic E-state index is 9.64. The molecule has 0 amide bonds. The van der Waals surface area contributed by atoms with E-state index in [2.05, 4.69) is 18.3 Å². The van der Waals surface area contributed by atoms with E-state index in [4.69, 9.17) is 9.47 Å². The molecule has 0 bridgehead atoms. The molecular weight excluding hydrogens is 266 g/mol. The Morgan fingerprint density at radius 2 is 2.14 bits per heavy atom. The molecule has 1 fully saturated rings. The van der Waals surface area contributed by atoms with Crippen LogP contribution in [-0.2, 0) is 6.54 Å². The molecule has 0 saturated heterocycles. The van der Waals surface area contributed by atoms with Gasteiger partial charge in [-0.25, -0.2) is 0 Å². The summed E-state index contributed by atoms with van der Waals surface area (Å²) >= 11 is 0. The van der Waals surface area contributed by atoms with Crippen molar-refractivity contribution < 1.29 is 14.6 Å². The van der Waals surface area contributed by atoms with E-state index in [1.165, 1.54) is 6.42 Å². The fourth-order valence-electron chi connectivity index (χ4n) is 3.40. The lowest BCUT2D eigenvalue weighted by Crippen LogP contribution is -2.41. The van der Waals surface area contributed by atoms with Gasteiger partial charge in [-0.05, 0) is 18.9 Å². The molecule has 2 N–H and O–H groups in total. The fraction of sp³-hybridized carbons (Fsp3) is 0.647. The van der Waals surface area contributed by atoms with Gasteiger partial charge in [0.05, 0.1) is 13.2 Å². The first kappa shape index (κ1) is 14.7. The second-order valence-corrected chi connectivity index (χ2v) is 6.43. The smallest absolute Gasteiger partial charge is 0.165 e. The Bertz CT molecular complexity index is 491. The summed E-state index contributed by atoms with van der Waals surface area (Å²) in [5.74, 6) is 1.73. The minimum atomic E-state index is 0.00306. The summed E-state index contributed by atoms with van der Waals surface area (Å²) in [6.07, 6.45) is 4.32. The van der Waals surface area contributed by atoms with Crippen molar-refractivity contribution in [2.75, 3.05) is 19.8 Å². The summed E-state index contributed by atoms with van der Waals surface area (Å²) < 4.78 is 11.6. The molecule has 0 radical (unpaired) electrons. The maximum absolute atomic E-state index is 9.64. The van der Waals surface area contributed by atoms with E-state index in [0.29, 0.717) is 12.6 Å². The zero-order valence-electron chi connectivity index (χ0n) is 12.7. The van der Waals surface area contributed by atoms with Gasteiger partial charge in [-0.3, -0.25) is 0 Å². The lowest BCUT2D eigenvalue weighted by molar-refractivity contribution is 0.118. The molecule has 1 saturated carbocycles. The third kappa shape index (κ3) is 3.01. The highest BCUT2D eigenvalue weighted by Gasteiger charge is 2.37. The number of hydrogen-bond donors (Lipinski definition) is 2. The third-order valence-corrected chi connectivity index (χ3v) is 4.84. The largest absolute Gasteiger partial charge is 0.490 e. The van der Waals surface area contributed by atoms with E-state index in [1.54, 1.807) is 0 Å². The van der Waals surface area contributed by atoms with Crippen LogP contribution in [0.1, 0.15) is 38.2 Å². The van der Waals surface area contributed by atoms with Gasteiger partial charge in [-0.1, -0.05) is 25.5 Å². The van der Waals surface area contributed by atoms with Crippen LogP contribution in [0.5, 0.6) is 11.5 Å². The van der Waals surface area contributed by atoms with Gasteiger partial charge in [0.15, 0.2) is 11.5 Å². The summed E-state index contributed by atoms with van der Waals surface area (Å²) in [4.78, 5) is 0. The molecule has 21 heavy (non-hydrogen) atoms. The molecule has 4 heteroatoms. The van der Waals surface area contributed by atoms with Crippen molar-refractivity contribution in [3.8, 4) is 11.5 Å². The molecule has 1 aromatic rings. The maximum Gasteiger partial charge on any atom is 0.165 e. The standard InChI is InChI=1S/C17H25NO3/c1-17(12-19)8-3-7-15(17)18-11-13-5-2-6-14-16(13)21-10-4-9-20-14/h2,5-6,15,18-19H,3-4,7-12H2,1H3. The molecule has 0 spiro atoms. The quantitative estimate of drug-likeness (QED) is 0.895. The summed E-state index contributed by atoms with van der Waals surface area (Å²) in [5, 5.41) is 13.3. The van der Waals surface area contributed by atoms with E-state index >= 15 is 0 Å². The van der Waals surface area contributed by atoms with Crippen molar-refractivity contribution in [3.05, 3.63) is 23.8 Å². The zero-order valence-corrected chi connectivity index (χ0v) is 12.7. The molecule has 2 unspecified atom stereocenters. The van der Waals surface area contributed by atoms with Crippen LogP contribution in [0.15, 0.2) is 18.2 Å². The molecular formula is C17H25NO3. The molecule has 4 nitrogen and oxygen atoms in total. The average Bonchev–Trinajstić information content (AvgIpc) is 2.72. The summed E-state index contributed by atoms with van der Waals surface area (Å²) in [6, 6.07) is 6.44. The number of hydrogen-bond acceptors (Lipinski definition) is 4. The van der Waals surface area contributed by atoms with Crippen molar-refractivity contribution in [2.24, 2.45) is 5.41 Å². The fourth-order valence-corrected chi connectivity index (χ4v) is 3.40. The Labute approximate surface area is 126 Å². The number of nitrogens with one attached hydrogen (secondary N) is 1. The van der Waals surface area contributed by atoms with Crippen LogP contribution in [0.4, 0.5) is 0 Å². The average molecular weight is 291 g/mol. The number of rotatable bonds is 4. The van der Waals surface area contributed by atoms with Crippen LogP contribution in [-0.4, -0.2) is 31.0 Å². The first-order valence-corrected chi connectivity index (χ1v) is 7.95. The van der Waals surface area contributed by atoms with Gasteiger partial charge in [0.2, 0.25) is 0 Å². The van der Waals surface area contributed by atoms with Gasteiger partial charge in [0, 0.05) is 36.6 Å². The van der Waals surface area contributed by atoms with Crippen molar-refractivity contribution in [3.63, 3.8) is 0 Å². The van der Waals surface area contributed by atoms with Crippen LogP contribution in [0, 0.1) is 5.41 Å². The van der Waals surface area contributed by atoms with Crippen LogP contribution in [0.25, 0.3) is 0 Å². The van der Waals surface area contributed by atoms with Crippen LogP contribution >= 0.6 is 0 Å². The highest BCUT2D eigenvalue weighted by Crippen LogP contribution is 2.38. The molecule has 1 aromatic carbocycles. The van der Waals surface area contributed by atoms with Gasteiger partial charge < -0.3 is 19.9 Å². The summed E-state index contributed by atoms with van der Waals surface area (Å²) in [6.45, 7) is 4.60. The molecule has 2 aliphatic rings. The van der Waals surface area contributed by atoms with E-state index in [9.17, 15) is 5.11 Å². The Morgan fingerprint density at radius 1 is 1.29 bits per heavy atom. The second kappa shape index (κ2) is 6.24. The van der Waals surface area contributed by atoms with Gasteiger partial charge in [0.1, 0.15) is 0 Å². The van der Waals surface area contributed by atoms with Crippen molar-refractivity contribution in [1.82, 2.24) is 5.32 Å². The minimum absolute atomic E-state index is 0.00306. The van der Waals surface area contributed by atoms with Crippen molar-refractivity contribution in [1.29, 1.82) is 0 Å². The van der Waals surface area contributed by atoms with Crippen LogP contribution in [0.2, 0.25) is 0 Å². The number of benzene rings is 1. The number of aliphatic hydroxyl groups is 1. The number of para-hydroxylation sites is 1. The third-order valence-electron chi connectivity index (χ3n) is 4.84. The first-order valence-electron chi connectivity index (χ1n) is 7.95. The van der Waals surface area contributed by atoms with Crippen LogP contribution in [0.3, 0.4) is 0 Å². The topological polar surface area (TPSA) is 50.7 Å². The highest BCUT2D eigenvalue weighted by atomic mass is 16.5. The zero-order chi connectivity index (χ0) is 14.7. The van der Waals surface area contributed by atoms with E-state index < -0.39 is 0 Å². The monoisotopic (exact) mass is 291 g/mol. The lowest BCUT2D eigenvalue weighted by Gasteiger charge is -2.30. The molecule has 2 atom stereocenters. The Hall–Kier alpha value is -1.26. The molecule has 1 aliphatic heterocycles. The number of ether oxygens (including phenoxy) is 2.